The molecule has 7 N–H and O–H groups in total. The highest BCUT2D eigenvalue weighted by Crippen LogP contribution is 2.50. The van der Waals surface area contributed by atoms with E-state index in [1.807, 2.05) is 6.92 Å². The van der Waals surface area contributed by atoms with Gasteiger partial charge in [0.15, 0.2) is 5.96 Å². The molecule has 0 aromatic rings. The van der Waals surface area contributed by atoms with Crippen LogP contribution in [0.5, 0.6) is 0 Å². The Morgan fingerprint density at radius 1 is 1.55 bits per heavy atom. The van der Waals surface area contributed by atoms with Gasteiger partial charge in [-0.05, 0) is 13.3 Å². The molecule has 1 aliphatic carbocycles. The van der Waals surface area contributed by atoms with Crippen molar-refractivity contribution in [1.82, 2.24) is 5.32 Å². The fourth-order valence-corrected chi connectivity index (χ4v) is 3.18. The van der Waals surface area contributed by atoms with Gasteiger partial charge in [-0.1, -0.05) is 6.08 Å². The second-order valence-corrected chi connectivity index (χ2v) is 6.62. The van der Waals surface area contributed by atoms with E-state index in [2.05, 4.69) is 10.3 Å². The van der Waals surface area contributed by atoms with E-state index in [9.17, 15) is 19.1 Å². The van der Waals surface area contributed by atoms with E-state index in [0.29, 0.717) is 6.42 Å². The Bertz CT molecular complexity index is 481. The van der Waals surface area contributed by atoms with Gasteiger partial charge in [0, 0.05) is 30.6 Å². The summed E-state index contributed by atoms with van der Waals surface area (Å²) in [5, 5.41) is 2.80. The van der Waals surface area contributed by atoms with Crippen LogP contribution in [0.1, 0.15) is 26.7 Å². The van der Waals surface area contributed by atoms with E-state index < -0.39 is 13.6 Å². The van der Waals surface area contributed by atoms with Crippen LogP contribution in [0, 0.1) is 5.92 Å². The van der Waals surface area contributed by atoms with Gasteiger partial charge in [-0.2, -0.15) is 0 Å². The number of guanidine groups is 1. The highest BCUT2D eigenvalue weighted by atomic mass is 31.2. The summed E-state index contributed by atoms with van der Waals surface area (Å²) in [4.78, 5) is 33.6. The van der Waals surface area contributed by atoms with Crippen molar-refractivity contribution < 1.29 is 19.1 Å². The van der Waals surface area contributed by atoms with Crippen LogP contribution < -0.4 is 16.8 Å². The number of amides is 1. The molecule has 0 spiro atoms. The highest BCUT2D eigenvalue weighted by molar-refractivity contribution is 7.56. The molecule has 0 saturated carbocycles. The average molecular weight is 304 g/mol. The normalized spacial score (nSPS) is 24.5. The lowest BCUT2D eigenvalue weighted by Gasteiger charge is -2.33. The molecular weight excluding hydrogens is 283 g/mol. The Balaban J connectivity index is 2.99. The number of hydrogen-bond donors (Lipinski definition) is 5. The van der Waals surface area contributed by atoms with E-state index in [0.717, 1.165) is 0 Å². The molecule has 0 aliphatic heterocycles. The summed E-state index contributed by atoms with van der Waals surface area (Å²) in [6.07, 6.45) is 1.99. The minimum absolute atomic E-state index is 0.0405. The van der Waals surface area contributed by atoms with E-state index in [1.165, 1.54) is 13.0 Å². The minimum Gasteiger partial charge on any atom is -0.370 e. The van der Waals surface area contributed by atoms with Crippen LogP contribution in [-0.2, 0) is 9.36 Å². The summed E-state index contributed by atoms with van der Waals surface area (Å²) >= 11 is 0. The lowest BCUT2D eigenvalue weighted by Crippen LogP contribution is -2.43. The first-order valence-corrected chi connectivity index (χ1v) is 7.83. The molecule has 0 heterocycles. The lowest BCUT2D eigenvalue weighted by molar-refractivity contribution is -0.119. The quantitative estimate of drug-likeness (QED) is 0.271. The van der Waals surface area contributed by atoms with Gasteiger partial charge in [0.1, 0.15) is 0 Å². The van der Waals surface area contributed by atoms with Crippen molar-refractivity contribution in [2.75, 3.05) is 0 Å². The number of hydrogen-bond acceptors (Lipinski definition) is 3. The largest absolute Gasteiger partial charge is 0.370 e. The smallest absolute Gasteiger partial charge is 0.351 e. The van der Waals surface area contributed by atoms with E-state index >= 15 is 0 Å². The molecule has 1 amide bonds. The van der Waals surface area contributed by atoms with Crippen LogP contribution in [0.3, 0.4) is 0 Å². The monoisotopic (exact) mass is 304 g/mol. The maximum absolute atomic E-state index is 11.3. The molecule has 0 radical (unpaired) electrons. The molecule has 20 heavy (non-hydrogen) atoms. The van der Waals surface area contributed by atoms with Crippen molar-refractivity contribution in [3.8, 4) is 0 Å². The van der Waals surface area contributed by atoms with Gasteiger partial charge in [-0.25, -0.2) is 4.99 Å². The number of nitrogens with one attached hydrogen (secondary N) is 1. The Morgan fingerprint density at radius 2 is 2.15 bits per heavy atom. The molecule has 1 aliphatic rings. The first-order valence-electron chi connectivity index (χ1n) is 6.22. The molecule has 0 saturated heterocycles. The van der Waals surface area contributed by atoms with Crippen LogP contribution in [0.2, 0.25) is 0 Å². The minimum atomic E-state index is -4.28. The summed E-state index contributed by atoms with van der Waals surface area (Å²) < 4.78 is 11.3. The molecule has 114 valence electrons. The van der Waals surface area contributed by atoms with Gasteiger partial charge < -0.3 is 26.6 Å². The number of nitrogens with two attached hydrogens (primary N) is 2. The fraction of sp³-hybridized carbons (Fsp3) is 0.636. The third-order valence-electron chi connectivity index (χ3n) is 3.30. The predicted molar refractivity (Wildman–Crippen MR) is 75.7 cm³/mol. The number of carbonyl (C=O) groups is 1. The summed E-state index contributed by atoms with van der Waals surface area (Å²) in [6, 6.07) is -0.662. The van der Waals surface area contributed by atoms with Crippen molar-refractivity contribution >= 4 is 19.5 Å². The number of nitrogens with zero attached hydrogens (tertiary/aromatic N) is 1. The predicted octanol–water partition coefficient (Wildman–Crippen LogP) is -0.375. The van der Waals surface area contributed by atoms with Gasteiger partial charge in [0.25, 0.3) is 0 Å². The second-order valence-electron chi connectivity index (χ2n) is 4.95. The van der Waals surface area contributed by atoms with Gasteiger partial charge >= 0.3 is 7.60 Å². The van der Waals surface area contributed by atoms with Crippen molar-refractivity contribution in [3.63, 3.8) is 0 Å². The standard InChI is InChI=1S/C11H21N4O4P/c1-6(14-7(2)16)9-4-3-8(20(17,18)19)5-10(9)15-11(12)13/h3,6,9-10H,4-5H2,1-2H3,(H,14,16)(H4,12,13,15)(H2,17,18,19)/t6-,9-,10-/m0/s1. The summed E-state index contributed by atoms with van der Waals surface area (Å²) in [7, 11) is -4.28. The number of allylic oxidation sites excluding steroid dienone is 1. The van der Waals surface area contributed by atoms with Crippen LogP contribution in [0.4, 0.5) is 0 Å². The Labute approximate surface area is 117 Å². The van der Waals surface area contributed by atoms with E-state index in [4.69, 9.17) is 11.5 Å². The number of aliphatic imine (C=N–C) groups is 1. The van der Waals surface area contributed by atoms with Crippen LogP contribution in [0.15, 0.2) is 16.4 Å². The van der Waals surface area contributed by atoms with Gasteiger partial charge in [0.2, 0.25) is 5.91 Å². The van der Waals surface area contributed by atoms with Crippen molar-refractivity contribution in [3.05, 3.63) is 11.4 Å². The zero-order valence-electron chi connectivity index (χ0n) is 11.5. The van der Waals surface area contributed by atoms with Crippen molar-refractivity contribution in [2.45, 2.75) is 38.8 Å². The molecule has 1 rings (SSSR count). The first-order chi connectivity index (χ1) is 9.11. The topological polar surface area (TPSA) is 151 Å². The Kier molecular flexibility index (Phi) is 5.33. The molecule has 0 unspecified atom stereocenters. The van der Waals surface area contributed by atoms with Crippen LogP contribution in [-0.4, -0.2) is 33.7 Å². The number of rotatable bonds is 4. The summed E-state index contributed by atoms with van der Waals surface area (Å²) in [5.41, 5.74) is 10.7. The summed E-state index contributed by atoms with van der Waals surface area (Å²) in [6.45, 7) is 3.23. The third kappa shape index (κ3) is 4.63. The highest BCUT2D eigenvalue weighted by Gasteiger charge is 2.35. The molecule has 0 bridgehead atoms. The first kappa shape index (κ1) is 16.7. The molecule has 3 atom stereocenters. The third-order valence-corrected chi connectivity index (χ3v) is 4.41. The maximum Gasteiger partial charge on any atom is 0.351 e. The van der Waals surface area contributed by atoms with Crippen molar-refractivity contribution in [1.29, 1.82) is 0 Å². The molecule has 0 aromatic carbocycles. The SMILES string of the molecule is CC(=O)N[C@@H](C)[C@@H]1CC=C(P(=O)(O)O)C[C@@H]1N=C(N)N. The summed E-state index contributed by atoms with van der Waals surface area (Å²) in [5.74, 6) is -0.427. The number of carbonyl (C=O) groups excluding carboxylic acids is 1. The zero-order valence-corrected chi connectivity index (χ0v) is 12.4. The molecule has 9 heteroatoms. The van der Waals surface area contributed by atoms with E-state index in [1.54, 1.807) is 0 Å². The lowest BCUT2D eigenvalue weighted by atomic mass is 9.84. The Hall–Kier alpha value is -1.37. The second kappa shape index (κ2) is 6.39. The molecule has 8 nitrogen and oxygen atoms in total. The molecule has 0 fully saturated rings. The average Bonchev–Trinajstić information content (AvgIpc) is 2.25. The van der Waals surface area contributed by atoms with Crippen LogP contribution >= 0.6 is 7.60 Å². The maximum atomic E-state index is 11.3. The zero-order chi connectivity index (χ0) is 15.5. The molecular formula is C11H21N4O4P. The Morgan fingerprint density at radius 3 is 2.60 bits per heavy atom. The van der Waals surface area contributed by atoms with Crippen molar-refractivity contribution in [2.24, 2.45) is 22.4 Å². The van der Waals surface area contributed by atoms with Gasteiger partial charge in [0.05, 0.1) is 6.04 Å². The van der Waals surface area contributed by atoms with Crippen LogP contribution in [0.25, 0.3) is 0 Å². The van der Waals surface area contributed by atoms with E-state index in [-0.39, 0.29) is 35.6 Å². The molecule has 0 aromatic heterocycles. The van der Waals surface area contributed by atoms with Gasteiger partial charge in [-0.15, -0.1) is 0 Å². The van der Waals surface area contributed by atoms with Gasteiger partial charge in [-0.3, -0.25) is 9.36 Å². The fourth-order valence-electron chi connectivity index (χ4n) is 2.41.